The molecule has 0 saturated carbocycles. The van der Waals surface area contributed by atoms with Gasteiger partial charge >= 0.3 is 0 Å². The van der Waals surface area contributed by atoms with Crippen molar-refractivity contribution in [1.82, 2.24) is 9.62 Å². The van der Waals surface area contributed by atoms with Crippen LogP contribution in [-0.2, 0) is 21.4 Å². The third kappa shape index (κ3) is 6.33. The number of nitrogens with zero attached hydrogens (tertiary/aromatic N) is 1. The summed E-state index contributed by atoms with van der Waals surface area (Å²) in [5.41, 5.74) is 1.46. The Kier molecular flexibility index (Phi) is 6.92. The van der Waals surface area contributed by atoms with E-state index >= 15 is 0 Å². The van der Waals surface area contributed by atoms with Crippen molar-refractivity contribution in [2.75, 3.05) is 19.9 Å². The average Bonchev–Trinajstić information content (AvgIpc) is 2.62. The van der Waals surface area contributed by atoms with Crippen LogP contribution in [0.3, 0.4) is 0 Å². The number of hydrogen-bond acceptors (Lipinski definition) is 4. The van der Waals surface area contributed by atoms with Gasteiger partial charge in [-0.1, -0.05) is 24.3 Å². The van der Waals surface area contributed by atoms with E-state index in [0.29, 0.717) is 11.3 Å². The fourth-order valence-electron chi connectivity index (χ4n) is 2.51. The van der Waals surface area contributed by atoms with Gasteiger partial charge in [0, 0.05) is 6.54 Å². The van der Waals surface area contributed by atoms with Gasteiger partial charge in [0.2, 0.25) is 15.9 Å². The summed E-state index contributed by atoms with van der Waals surface area (Å²) in [6.45, 7) is 1.48. The van der Waals surface area contributed by atoms with Crippen molar-refractivity contribution in [1.29, 1.82) is 0 Å². The lowest BCUT2D eigenvalue weighted by atomic mass is 10.1. The van der Waals surface area contributed by atoms with Gasteiger partial charge < -0.3 is 10.1 Å². The molecule has 27 heavy (non-hydrogen) atoms. The highest BCUT2D eigenvalue weighted by Crippen LogP contribution is 2.17. The Morgan fingerprint density at radius 1 is 1.15 bits per heavy atom. The van der Waals surface area contributed by atoms with Crippen LogP contribution < -0.4 is 10.1 Å². The molecular formula is C19H23FN2O4S. The van der Waals surface area contributed by atoms with E-state index in [9.17, 15) is 17.6 Å². The molecule has 0 aliphatic heterocycles. The SMILES string of the molecule is COc1ccc(C(C)NC(=O)CN(Cc2ccc(F)cc2)S(C)(=O)=O)cc1. The van der Waals surface area contributed by atoms with E-state index in [1.165, 1.54) is 24.3 Å². The third-order valence-corrected chi connectivity index (χ3v) is 5.25. The number of halogens is 1. The summed E-state index contributed by atoms with van der Waals surface area (Å²) in [4.78, 5) is 12.3. The van der Waals surface area contributed by atoms with Crippen molar-refractivity contribution in [2.45, 2.75) is 19.5 Å². The summed E-state index contributed by atoms with van der Waals surface area (Å²) in [5, 5.41) is 2.79. The smallest absolute Gasteiger partial charge is 0.235 e. The maximum absolute atomic E-state index is 13.0. The molecule has 0 fully saturated rings. The quantitative estimate of drug-likeness (QED) is 0.746. The van der Waals surface area contributed by atoms with Crippen LogP contribution in [0.5, 0.6) is 5.75 Å². The number of ether oxygens (including phenoxy) is 1. The summed E-state index contributed by atoms with van der Waals surface area (Å²) in [7, 11) is -2.04. The number of rotatable bonds is 8. The minimum Gasteiger partial charge on any atom is -0.497 e. The zero-order valence-corrected chi connectivity index (χ0v) is 16.3. The molecule has 1 unspecified atom stereocenters. The summed E-state index contributed by atoms with van der Waals surface area (Å²) in [6, 6.07) is 12.4. The Bertz CT molecular complexity index is 868. The molecule has 2 aromatic carbocycles. The fourth-order valence-corrected chi connectivity index (χ4v) is 3.24. The molecule has 8 heteroatoms. The molecule has 0 heterocycles. The predicted molar refractivity (Wildman–Crippen MR) is 101 cm³/mol. The average molecular weight is 394 g/mol. The van der Waals surface area contributed by atoms with Crippen molar-refractivity contribution in [3.05, 3.63) is 65.5 Å². The molecular weight excluding hydrogens is 371 g/mol. The van der Waals surface area contributed by atoms with Crippen LogP contribution in [-0.4, -0.2) is 38.5 Å². The lowest BCUT2D eigenvalue weighted by Gasteiger charge is -2.21. The normalized spacial score (nSPS) is 12.6. The van der Waals surface area contributed by atoms with Crippen LogP contribution in [0.15, 0.2) is 48.5 Å². The molecule has 0 aliphatic rings. The van der Waals surface area contributed by atoms with Gasteiger partial charge in [-0.05, 0) is 42.3 Å². The Hall–Kier alpha value is -2.45. The van der Waals surface area contributed by atoms with Crippen LogP contribution in [0, 0.1) is 5.82 Å². The summed E-state index contributed by atoms with van der Waals surface area (Å²) in [6.07, 6.45) is 1.04. The predicted octanol–water partition coefficient (Wildman–Crippen LogP) is 2.47. The molecule has 0 aromatic heterocycles. The highest BCUT2D eigenvalue weighted by molar-refractivity contribution is 7.88. The number of benzene rings is 2. The second kappa shape index (κ2) is 8.96. The van der Waals surface area contributed by atoms with Crippen LogP contribution in [0.25, 0.3) is 0 Å². The molecule has 0 aliphatic carbocycles. The van der Waals surface area contributed by atoms with Gasteiger partial charge in [0.1, 0.15) is 11.6 Å². The largest absolute Gasteiger partial charge is 0.497 e. The number of amides is 1. The number of hydrogen-bond donors (Lipinski definition) is 1. The van der Waals surface area contributed by atoms with Gasteiger partial charge in [-0.3, -0.25) is 4.79 Å². The second-order valence-electron chi connectivity index (χ2n) is 6.22. The summed E-state index contributed by atoms with van der Waals surface area (Å²) >= 11 is 0. The van der Waals surface area contributed by atoms with Gasteiger partial charge in [0.05, 0.1) is 26.0 Å². The maximum Gasteiger partial charge on any atom is 0.235 e. The van der Waals surface area contributed by atoms with Crippen LogP contribution >= 0.6 is 0 Å². The first-order valence-electron chi connectivity index (χ1n) is 8.32. The van der Waals surface area contributed by atoms with E-state index in [4.69, 9.17) is 4.74 Å². The molecule has 2 aromatic rings. The van der Waals surface area contributed by atoms with Gasteiger partial charge in [-0.2, -0.15) is 4.31 Å². The van der Waals surface area contributed by atoms with Gasteiger partial charge in [-0.15, -0.1) is 0 Å². The van der Waals surface area contributed by atoms with E-state index in [2.05, 4.69) is 5.32 Å². The number of nitrogens with one attached hydrogen (secondary N) is 1. The van der Waals surface area contributed by atoms with Gasteiger partial charge in [0.15, 0.2) is 0 Å². The van der Waals surface area contributed by atoms with E-state index in [0.717, 1.165) is 16.1 Å². The standard InChI is InChI=1S/C19H23FN2O4S/c1-14(16-6-10-18(26-2)11-7-16)21-19(23)13-22(27(3,24)25)12-15-4-8-17(20)9-5-15/h4-11,14H,12-13H2,1-3H3,(H,21,23). The van der Waals surface area contributed by atoms with Crippen LogP contribution in [0.2, 0.25) is 0 Å². The topological polar surface area (TPSA) is 75.7 Å². The summed E-state index contributed by atoms with van der Waals surface area (Å²) in [5.74, 6) is -0.124. The Morgan fingerprint density at radius 3 is 2.26 bits per heavy atom. The van der Waals surface area contributed by atoms with E-state index in [-0.39, 0.29) is 19.1 Å². The molecule has 0 bridgehead atoms. The van der Waals surface area contributed by atoms with E-state index in [1.54, 1.807) is 19.2 Å². The molecule has 1 atom stereocenters. The Morgan fingerprint density at radius 2 is 1.74 bits per heavy atom. The van der Waals surface area contributed by atoms with E-state index in [1.807, 2.05) is 19.1 Å². The Balaban J connectivity index is 2.03. The number of sulfonamides is 1. The number of methoxy groups -OCH3 is 1. The van der Waals surface area contributed by atoms with Gasteiger partial charge in [-0.25, -0.2) is 12.8 Å². The first-order chi connectivity index (χ1) is 12.7. The van der Waals surface area contributed by atoms with Crippen molar-refractivity contribution in [2.24, 2.45) is 0 Å². The van der Waals surface area contributed by atoms with Crippen molar-refractivity contribution in [3.8, 4) is 5.75 Å². The third-order valence-electron chi connectivity index (χ3n) is 4.05. The monoisotopic (exact) mass is 394 g/mol. The maximum atomic E-state index is 13.0. The molecule has 0 saturated heterocycles. The van der Waals surface area contributed by atoms with Gasteiger partial charge in [0.25, 0.3) is 0 Å². The second-order valence-corrected chi connectivity index (χ2v) is 8.20. The minimum atomic E-state index is -3.62. The van der Waals surface area contributed by atoms with Crippen LogP contribution in [0.1, 0.15) is 24.1 Å². The molecule has 1 N–H and O–H groups in total. The molecule has 146 valence electrons. The molecule has 0 radical (unpaired) electrons. The fraction of sp³-hybridized carbons (Fsp3) is 0.316. The molecule has 2 rings (SSSR count). The highest BCUT2D eigenvalue weighted by Gasteiger charge is 2.21. The number of carbonyl (C=O) groups is 1. The molecule has 6 nitrogen and oxygen atoms in total. The lowest BCUT2D eigenvalue weighted by molar-refractivity contribution is -0.122. The van der Waals surface area contributed by atoms with Crippen LogP contribution in [0.4, 0.5) is 4.39 Å². The van der Waals surface area contributed by atoms with Crippen molar-refractivity contribution < 1.29 is 22.3 Å². The first-order valence-corrected chi connectivity index (χ1v) is 10.2. The minimum absolute atomic E-state index is 0.0105. The highest BCUT2D eigenvalue weighted by atomic mass is 32.2. The van der Waals surface area contributed by atoms with Crippen molar-refractivity contribution in [3.63, 3.8) is 0 Å². The lowest BCUT2D eigenvalue weighted by Crippen LogP contribution is -2.40. The zero-order chi connectivity index (χ0) is 20.0. The van der Waals surface area contributed by atoms with E-state index < -0.39 is 21.7 Å². The zero-order valence-electron chi connectivity index (χ0n) is 15.5. The molecule has 1 amide bonds. The number of carbonyl (C=O) groups excluding carboxylic acids is 1. The molecule has 0 spiro atoms. The summed E-state index contributed by atoms with van der Waals surface area (Å²) < 4.78 is 43.2. The first kappa shape index (κ1) is 20.9. The van der Waals surface area contributed by atoms with Crippen molar-refractivity contribution >= 4 is 15.9 Å². The Labute approximate surface area is 159 Å².